The van der Waals surface area contributed by atoms with Crippen molar-refractivity contribution in [3.05, 3.63) is 78.4 Å². The van der Waals surface area contributed by atoms with Gasteiger partial charge in [-0.05, 0) is 67.6 Å². The zero-order chi connectivity index (χ0) is 25.4. The van der Waals surface area contributed by atoms with Gasteiger partial charge in [-0.25, -0.2) is 13.2 Å². The maximum atomic E-state index is 13.6. The van der Waals surface area contributed by atoms with Crippen molar-refractivity contribution >= 4 is 33.3 Å². The average Bonchev–Trinajstić information content (AvgIpc) is 2.87. The summed E-state index contributed by atoms with van der Waals surface area (Å²) in [6.07, 6.45) is 0. The van der Waals surface area contributed by atoms with Crippen molar-refractivity contribution in [2.75, 3.05) is 37.0 Å². The van der Waals surface area contributed by atoms with Crippen LogP contribution < -0.4 is 19.1 Å². The number of methoxy groups -OCH3 is 2. The number of rotatable bonds is 10. The maximum absolute atomic E-state index is 13.6. The number of hydrogen-bond acceptors (Lipinski definition) is 7. The molecule has 10 heteroatoms. The summed E-state index contributed by atoms with van der Waals surface area (Å²) in [5, 5.41) is 2.66. The molecular weight excluding hydrogens is 472 g/mol. The third-order valence-electron chi connectivity index (χ3n) is 4.97. The molecule has 0 spiro atoms. The highest BCUT2D eigenvalue weighted by Gasteiger charge is 2.29. The van der Waals surface area contributed by atoms with Crippen LogP contribution in [0.25, 0.3) is 0 Å². The van der Waals surface area contributed by atoms with Gasteiger partial charge in [-0.3, -0.25) is 9.10 Å². The van der Waals surface area contributed by atoms with Crippen LogP contribution in [0.1, 0.15) is 17.3 Å². The third-order valence-corrected chi connectivity index (χ3v) is 6.74. The molecule has 3 rings (SSSR count). The van der Waals surface area contributed by atoms with Crippen molar-refractivity contribution in [1.82, 2.24) is 0 Å². The van der Waals surface area contributed by atoms with Gasteiger partial charge in [0, 0.05) is 5.69 Å². The fourth-order valence-corrected chi connectivity index (χ4v) is 4.68. The number of amides is 1. The van der Waals surface area contributed by atoms with E-state index in [2.05, 4.69) is 5.32 Å². The SMILES string of the molecule is CCOC(=O)c1ccc(NC(=O)CN(c2ccccc2OC)S(=O)(=O)c2ccc(OC)cc2)cc1. The topological polar surface area (TPSA) is 111 Å². The van der Waals surface area contributed by atoms with Crippen LogP contribution in [0.4, 0.5) is 11.4 Å². The van der Waals surface area contributed by atoms with Gasteiger partial charge in [0.25, 0.3) is 10.0 Å². The Morgan fingerprint density at radius 1 is 0.886 bits per heavy atom. The first-order chi connectivity index (χ1) is 16.8. The van der Waals surface area contributed by atoms with Crippen LogP contribution in [-0.2, 0) is 19.6 Å². The third kappa shape index (κ3) is 6.10. The first kappa shape index (κ1) is 25.6. The largest absolute Gasteiger partial charge is 0.497 e. The van der Waals surface area contributed by atoms with E-state index >= 15 is 0 Å². The summed E-state index contributed by atoms with van der Waals surface area (Å²) >= 11 is 0. The van der Waals surface area contributed by atoms with E-state index in [0.717, 1.165) is 4.31 Å². The monoisotopic (exact) mass is 498 g/mol. The quantitative estimate of drug-likeness (QED) is 0.424. The molecule has 0 bridgehead atoms. The number of anilines is 2. The first-order valence-electron chi connectivity index (χ1n) is 10.7. The van der Waals surface area contributed by atoms with Gasteiger partial charge in [0.1, 0.15) is 18.0 Å². The van der Waals surface area contributed by atoms with Crippen molar-refractivity contribution in [3.8, 4) is 11.5 Å². The molecule has 3 aromatic carbocycles. The second-order valence-electron chi connectivity index (χ2n) is 7.21. The Hall–Kier alpha value is -4.05. The van der Waals surface area contributed by atoms with E-state index in [0.29, 0.717) is 17.0 Å². The van der Waals surface area contributed by atoms with Gasteiger partial charge in [0.05, 0.1) is 37.0 Å². The number of nitrogens with zero attached hydrogens (tertiary/aromatic N) is 1. The predicted octanol–water partition coefficient (Wildman–Crippen LogP) is 3.71. The molecular formula is C25H26N2O7S. The molecule has 0 aliphatic heterocycles. The highest BCUT2D eigenvalue weighted by molar-refractivity contribution is 7.92. The molecule has 0 radical (unpaired) electrons. The molecule has 0 aliphatic rings. The lowest BCUT2D eigenvalue weighted by atomic mass is 10.2. The minimum absolute atomic E-state index is 0.0178. The Morgan fingerprint density at radius 3 is 2.14 bits per heavy atom. The number of ether oxygens (including phenoxy) is 3. The molecule has 0 unspecified atom stereocenters. The molecule has 1 N–H and O–H groups in total. The minimum atomic E-state index is -4.15. The van der Waals surface area contributed by atoms with E-state index in [4.69, 9.17) is 14.2 Å². The molecule has 0 saturated carbocycles. The molecule has 9 nitrogen and oxygen atoms in total. The number of hydrogen-bond donors (Lipinski definition) is 1. The Morgan fingerprint density at radius 2 is 1.54 bits per heavy atom. The Balaban J connectivity index is 1.89. The summed E-state index contributed by atoms with van der Waals surface area (Å²) in [6.45, 7) is 1.44. The van der Waals surface area contributed by atoms with E-state index in [1.54, 1.807) is 31.2 Å². The molecule has 0 aromatic heterocycles. The molecule has 0 heterocycles. The second kappa shape index (κ2) is 11.4. The molecule has 0 saturated heterocycles. The Kier molecular flexibility index (Phi) is 8.32. The van der Waals surface area contributed by atoms with Gasteiger partial charge in [0.2, 0.25) is 5.91 Å². The van der Waals surface area contributed by atoms with Crippen molar-refractivity contribution in [2.45, 2.75) is 11.8 Å². The minimum Gasteiger partial charge on any atom is -0.497 e. The van der Waals surface area contributed by atoms with Crippen LogP contribution in [0.5, 0.6) is 11.5 Å². The number of para-hydroxylation sites is 2. The van der Waals surface area contributed by atoms with Crippen molar-refractivity contribution in [2.24, 2.45) is 0 Å². The van der Waals surface area contributed by atoms with E-state index in [-0.39, 0.29) is 22.9 Å². The van der Waals surface area contributed by atoms with Crippen molar-refractivity contribution in [1.29, 1.82) is 0 Å². The number of carbonyl (C=O) groups excluding carboxylic acids is 2. The van der Waals surface area contributed by atoms with E-state index in [1.165, 1.54) is 62.8 Å². The molecule has 1 amide bonds. The molecule has 0 fully saturated rings. The maximum Gasteiger partial charge on any atom is 0.338 e. The highest BCUT2D eigenvalue weighted by Crippen LogP contribution is 2.32. The van der Waals surface area contributed by atoms with Gasteiger partial charge < -0.3 is 19.5 Å². The summed E-state index contributed by atoms with van der Waals surface area (Å²) in [5.41, 5.74) is 0.936. The van der Waals surface area contributed by atoms with Gasteiger partial charge in [-0.1, -0.05) is 12.1 Å². The zero-order valence-corrected chi connectivity index (χ0v) is 20.4. The van der Waals surface area contributed by atoms with Gasteiger partial charge >= 0.3 is 5.97 Å². The molecule has 35 heavy (non-hydrogen) atoms. The average molecular weight is 499 g/mol. The number of benzene rings is 3. The fraction of sp³-hybridized carbons (Fsp3) is 0.200. The lowest BCUT2D eigenvalue weighted by Crippen LogP contribution is -2.38. The summed E-state index contributed by atoms with van der Waals surface area (Å²) in [7, 11) is -1.25. The zero-order valence-electron chi connectivity index (χ0n) is 19.6. The summed E-state index contributed by atoms with van der Waals surface area (Å²) in [5.74, 6) is -0.275. The molecule has 0 aliphatic carbocycles. The number of sulfonamides is 1. The lowest BCUT2D eigenvalue weighted by Gasteiger charge is -2.25. The van der Waals surface area contributed by atoms with Crippen LogP contribution in [0.2, 0.25) is 0 Å². The van der Waals surface area contributed by atoms with Crippen molar-refractivity contribution in [3.63, 3.8) is 0 Å². The number of esters is 1. The van der Waals surface area contributed by atoms with Crippen LogP contribution >= 0.6 is 0 Å². The van der Waals surface area contributed by atoms with Crippen LogP contribution in [-0.4, -0.2) is 47.7 Å². The summed E-state index contributed by atoms with van der Waals surface area (Å²) in [6, 6.07) is 18.5. The predicted molar refractivity (Wildman–Crippen MR) is 132 cm³/mol. The molecule has 3 aromatic rings. The number of nitrogens with one attached hydrogen (secondary N) is 1. The lowest BCUT2D eigenvalue weighted by molar-refractivity contribution is -0.114. The van der Waals surface area contributed by atoms with Crippen LogP contribution in [0, 0.1) is 0 Å². The Labute approximate surface area is 204 Å². The number of carbonyl (C=O) groups is 2. The first-order valence-corrected chi connectivity index (χ1v) is 12.1. The Bertz CT molecular complexity index is 1270. The van der Waals surface area contributed by atoms with Gasteiger partial charge in [-0.15, -0.1) is 0 Å². The van der Waals surface area contributed by atoms with Crippen LogP contribution in [0.15, 0.2) is 77.7 Å². The fourth-order valence-electron chi connectivity index (χ4n) is 3.25. The summed E-state index contributed by atoms with van der Waals surface area (Å²) in [4.78, 5) is 24.7. The molecule has 184 valence electrons. The van der Waals surface area contributed by atoms with E-state index in [9.17, 15) is 18.0 Å². The van der Waals surface area contributed by atoms with E-state index in [1.807, 2.05) is 0 Å². The van der Waals surface area contributed by atoms with Gasteiger partial charge in [0.15, 0.2) is 0 Å². The smallest absolute Gasteiger partial charge is 0.338 e. The second-order valence-corrected chi connectivity index (χ2v) is 9.07. The standard InChI is InChI=1S/C25H26N2O7S/c1-4-34-25(29)18-9-11-19(12-10-18)26-24(28)17-27(22-7-5-6-8-23(22)33-3)35(30,31)21-15-13-20(32-2)14-16-21/h5-16H,4,17H2,1-3H3,(H,26,28). The van der Waals surface area contributed by atoms with Crippen molar-refractivity contribution < 1.29 is 32.2 Å². The summed E-state index contributed by atoms with van der Waals surface area (Å²) < 4.78 is 43.5. The normalized spacial score (nSPS) is 10.8. The van der Waals surface area contributed by atoms with Gasteiger partial charge in [-0.2, -0.15) is 0 Å². The molecule has 0 atom stereocenters. The van der Waals surface area contributed by atoms with Crippen LogP contribution in [0.3, 0.4) is 0 Å². The highest BCUT2D eigenvalue weighted by atomic mass is 32.2. The van der Waals surface area contributed by atoms with E-state index < -0.39 is 28.4 Å².